The molecule has 1 saturated carbocycles. The van der Waals surface area contributed by atoms with Crippen LogP contribution in [0.5, 0.6) is 0 Å². The summed E-state index contributed by atoms with van der Waals surface area (Å²) in [6, 6.07) is 3.44. The lowest BCUT2D eigenvalue weighted by Crippen LogP contribution is -2.38. The Hall–Kier alpha value is -1.91. The normalized spacial score (nSPS) is 23.1. The van der Waals surface area contributed by atoms with Gasteiger partial charge in [-0.05, 0) is 48.3 Å². The largest absolute Gasteiger partial charge is 0.464 e. The van der Waals surface area contributed by atoms with Gasteiger partial charge in [0.2, 0.25) is 5.91 Å². The van der Waals surface area contributed by atoms with Crippen molar-refractivity contribution in [1.82, 2.24) is 10.3 Å². The quantitative estimate of drug-likeness (QED) is 0.867. The van der Waals surface area contributed by atoms with Crippen LogP contribution in [-0.2, 0) is 16.1 Å². The molecule has 1 amide bonds. The summed E-state index contributed by atoms with van der Waals surface area (Å²) >= 11 is 0. The van der Waals surface area contributed by atoms with E-state index in [1.807, 2.05) is 0 Å². The molecule has 2 atom stereocenters. The maximum Gasteiger partial charge on any atom is 0.356 e. The Bertz CT molecular complexity index is 583. The number of nitrogens with one attached hydrogen (secondary N) is 1. The molecule has 1 heterocycles. The van der Waals surface area contributed by atoms with Crippen molar-refractivity contribution in [2.75, 3.05) is 7.11 Å². The molecule has 1 aliphatic carbocycles. The molecule has 0 bridgehead atoms. The Morgan fingerprint density at radius 1 is 1.39 bits per heavy atom. The molecule has 0 spiro atoms. The summed E-state index contributed by atoms with van der Waals surface area (Å²) in [5, 5.41) is 2.99. The third kappa shape index (κ3) is 4.78. The van der Waals surface area contributed by atoms with E-state index in [4.69, 9.17) is 0 Å². The summed E-state index contributed by atoms with van der Waals surface area (Å²) in [6.07, 6.45) is 4.59. The van der Waals surface area contributed by atoms with E-state index < -0.39 is 5.97 Å². The van der Waals surface area contributed by atoms with Crippen molar-refractivity contribution >= 4 is 11.9 Å². The number of carbonyl (C=O) groups excluding carboxylic acids is 2. The lowest BCUT2D eigenvalue weighted by Gasteiger charge is -2.38. The fourth-order valence-corrected chi connectivity index (χ4v) is 3.68. The fraction of sp³-hybridized carbons (Fsp3) is 0.611. The molecule has 2 unspecified atom stereocenters. The zero-order valence-electron chi connectivity index (χ0n) is 14.4. The first kappa shape index (κ1) is 17.4. The topological polar surface area (TPSA) is 68.3 Å². The molecule has 5 nitrogen and oxygen atoms in total. The van der Waals surface area contributed by atoms with Gasteiger partial charge in [-0.2, -0.15) is 0 Å². The summed E-state index contributed by atoms with van der Waals surface area (Å²) in [5.41, 5.74) is 1.32. The van der Waals surface area contributed by atoms with Crippen molar-refractivity contribution in [1.29, 1.82) is 0 Å². The molecule has 5 heteroatoms. The second-order valence-corrected chi connectivity index (χ2v) is 7.37. The average molecular weight is 318 g/mol. The maximum absolute atomic E-state index is 12.5. The number of esters is 1. The highest BCUT2D eigenvalue weighted by Gasteiger charge is 2.35. The van der Waals surface area contributed by atoms with Gasteiger partial charge in [0, 0.05) is 18.7 Å². The van der Waals surface area contributed by atoms with E-state index in [1.54, 1.807) is 18.3 Å². The molecule has 1 aliphatic rings. The highest BCUT2D eigenvalue weighted by atomic mass is 16.5. The lowest BCUT2D eigenvalue weighted by molar-refractivity contribution is -0.128. The number of hydrogen-bond acceptors (Lipinski definition) is 4. The van der Waals surface area contributed by atoms with Crippen LogP contribution in [0.15, 0.2) is 18.3 Å². The van der Waals surface area contributed by atoms with Gasteiger partial charge in [-0.15, -0.1) is 0 Å². The van der Waals surface area contributed by atoms with E-state index in [0.717, 1.165) is 18.4 Å². The molecular weight excluding hydrogens is 292 g/mol. The molecule has 1 fully saturated rings. The average Bonchev–Trinajstić information content (AvgIpc) is 2.50. The van der Waals surface area contributed by atoms with Crippen molar-refractivity contribution in [3.8, 4) is 0 Å². The third-order valence-corrected chi connectivity index (χ3v) is 4.44. The molecule has 2 rings (SSSR count). The molecule has 1 aromatic heterocycles. The van der Waals surface area contributed by atoms with Crippen LogP contribution < -0.4 is 5.32 Å². The molecule has 23 heavy (non-hydrogen) atoms. The number of nitrogens with zero attached hydrogens (tertiary/aromatic N) is 1. The number of aromatic nitrogens is 1. The van der Waals surface area contributed by atoms with Crippen molar-refractivity contribution < 1.29 is 14.3 Å². The van der Waals surface area contributed by atoms with Gasteiger partial charge in [0.15, 0.2) is 0 Å². The van der Waals surface area contributed by atoms with Crippen molar-refractivity contribution in [2.24, 2.45) is 17.3 Å². The highest BCUT2D eigenvalue weighted by molar-refractivity contribution is 5.87. The lowest BCUT2D eigenvalue weighted by atomic mass is 9.68. The van der Waals surface area contributed by atoms with Gasteiger partial charge in [0.1, 0.15) is 5.69 Å². The van der Waals surface area contributed by atoms with E-state index in [0.29, 0.717) is 12.5 Å². The van der Waals surface area contributed by atoms with Gasteiger partial charge in [-0.1, -0.05) is 20.8 Å². The SMILES string of the molecule is COC(=O)c1cc(CNC(=O)C2CC(C)CC(C)(C)C2)ccn1. The van der Waals surface area contributed by atoms with Crippen LogP contribution in [-0.4, -0.2) is 24.0 Å². The van der Waals surface area contributed by atoms with Gasteiger partial charge >= 0.3 is 5.97 Å². The minimum absolute atomic E-state index is 0.0654. The Morgan fingerprint density at radius 3 is 2.78 bits per heavy atom. The monoisotopic (exact) mass is 318 g/mol. The smallest absolute Gasteiger partial charge is 0.356 e. The van der Waals surface area contributed by atoms with Crippen LogP contribution in [0.2, 0.25) is 0 Å². The molecule has 126 valence electrons. The predicted molar refractivity (Wildman–Crippen MR) is 87.7 cm³/mol. The van der Waals surface area contributed by atoms with Crippen molar-refractivity contribution in [3.63, 3.8) is 0 Å². The van der Waals surface area contributed by atoms with Crippen LogP contribution in [0.4, 0.5) is 0 Å². The van der Waals surface area contributed by atoms with Crippen LogP contribution in [0.1, 0.15) is 56.1 Å². The van der Waals surface area contributed by atoms with E-state index in [2.05, 4.69) is 35.8 Å². The second-order valence-electron chi connectivity index (χ2n) is 7.37. The minimum Gasteiger partial charge on any atom is -0.464 e. The Kier molecular flexibility index (Phi) is 5.39. The number of rotatable bonds is 4. The summed E-state index contributed by atoms with van der Waals surface area (Å²) in [4.78, 5) is 27.9. The highest BCUT2D eigenvalue weighted by Crippen LogP contribution is 2.41. The van der Waals surface area contributed by atoms with E-state index >= 15 is 0 Å². The molecule has 1 aromatic rings. The molecule has 0 aromatic carbocycles. The number of hydrogen-bond donors (Lipinski definition) is 1. The van der Waals surface area contributed by atoms with Gasteiger partial charge < -0.3 is 10.1 Å². The Labute approximate surface area is 137 Å². The third-order valence-electron chi connectivity index (χ3n) is 4.44. The van der Waals surface area contributed by atoms with Gasteiger partial charge in [-0.3, -0.25) is 4.79 Å². The van der Waals surface area contributed by atoms with Gasteiger partial charge in [0.05, 0.1) is 7.11 Å². The molecular formula is C18H26N2O3. The minimum atomic E-state index is -0.471. The van der Waals surface area contributed by atoms with E-state index in [1.165, 1.54) is 13.5 Å². The fourth-order valence-electron chi connectivity index (χ4n) is 3.68. The standard InChI is InChI=1S/C18H26N2O3/c1-12-7-14(10-18(2,3)9-12)16(21)20-11-13-5-6-19-15(8-13)17(22)23-4/h5-6,8,12,14H,7,9-11H2,1-4H3,(H,20,21). The van der Waals surface area contributed by atoms with Crippen LogP contribution >= 0.6 is 0 Å². The number of methoxy groups -OCH3 is 1. The first-order valence-electron chi connectivity index (χ1n) is 8.12. The van der Waals surface area contributed by atoms with E-state index in [-0.39, 0.29) is 22.9 Å². The number of carbonyl (C=O) groups is 2. The van der Waals surface area contributed by atoms with Crippen LogP contribution in [0.3, 0.4) is 0 Å². The predicted octanol–water partition coefficient (Wildman–Crippen LogP) is 2.95. The number of ether oxygens (including phenoxy) is 1. The summed E-state index contributed by atoms with van der Waals surface area (Å²) in [5.74, 6) is 0.263. The van der Waals surface area contributed by atoms with Crippen molar-refractivity contribution in [3.05, 3.63) is 29.6 Å². The first-order chi connectivity index (χ1) is 10.8. The van der Waals surface area contributed by atoms with Crippen molar-refractivity contribution in [2.45, 2.75) is 46.6 Å². The number of pyridine rings is 1. The van der Waals surface area contributed by atoms with Crippen LogP contribution in [0.25, 0.3) is 0 Å². The molecule has 0 aliphatic heterocycles. The summed E-state index contributed by atoms with van der Waals surface area (Å²) < 4.78 is 4.66. The van der Waals surface area contributed by atoms with Gasteiger partial charge in [-0.25, -0.2) is 9.78 Å². The van der Waals surface area contributed by atoms with Gasteiger partial charge in [0.25, 0.3) is 0 Å². The molecule has 0 radical (unpaired) electrons. The Balaban J connectivity index is 1.95. The zero-order valence-corrected chi connectivity index (χ0v) is 14.4. The second kappa shape index (κ2) is 7.11. The Morgan fingerprint density at radius 2 is 2.13 bits per heavy atom. The van der Waals surface area contributed by atoms with E-state index in [9.17, 15) is 9.59 Å². The summed E-state index contributed by atoms with van der Waals surface area (Å²) in [6.45, 7) is 7.08. The molecule has 0 saturated heterocycles. The molecule has 1 N–H and O–H groups in total. The summed E-state index contributed by atoms with van der Waals surface area (Å²) in [7, 11) is 1.32. The number of amides is 1. The zero-order chi connectivity index (χ0) is 17.0. The maximum atomic E-state index is 12.5. The first-order valence-corrected chi connectivity index (χ1v) is 8.12. The van der Waals surface area contributed by atoms with Crippen LogP contribution in [0, 0.1) is 17.3 Å².